The maximum atomic E-state index is 13.5. The van der Waals surface area contributed by atoms with Gasteiger partial charge < -0.3 is 10.1 Å². The van der Waals surface area contributed by atoms with Gasteiger partial charge in [0, 0.05) is 0 Å². The Morgan fingerprint density at radius 1 is 1.35 bits per heavy atom. The molecule has 0 aliphatic rings. The lowest BCUT2D eigenvalue weighted by molar-refractivity contribution is -0.144. The van der Waals surface area contributed by atoms with Crippen molar-refractivity contribution in [2.24, 2.45) is 5.92 Å². The van der Waals surface area contributed by atoms with E-state index in [-0.39, 0.29) is 5.92 Å². The van der Waals surface area contributed by atoms with E-state index in [9.17, 15) is 18.4 Å². The number of carbonyl (C=O) groups is 2. The Hall–Kier alpha value is -1.98. The van der Waals surface area contributed by atoms with Gasteiger partial charge in [-0.1, -0.05) is 26.3 Å². The van der Waals surface area contributed by atoms with E-state index >= 15 is 0 Å². The van der Waals surface area contributed by atoms with Crippen LogP contribution in [0.3, 0.4) is 0 Å². The number of amides is 1. The molecule has 0 aliphatic heterocycles. The summed E-state index contributed by atoms with van der Waals surface area (Å²) in [7, 11) is 1.20. The molecule has 0 saturated carbocycles. The largest absolute Gasteiger partial charge is 0.467 e. The van der Waals surface area contributed by atoms with Crippen LogP contribution in [-0.4, -0.2) is 25.0 Å². The third-order valence-corrected chi connectivity index (χ3v) is 3.15. The number of halogens is 2. The lowest BCUT2D eigenvalue weighted by Crippen LogP contribution is -2.45. The van der Waals surface area contributed by atoms with Crippen LogP contribution < -0.4 is 5.32 Å². The molecular weight excluding hydrogens is 268 g/mol. The Balaban J connectivity index is 2.96. The van der Waals surface area contributed by atoms with Crippen LogP contribution in [0.15, 0.2) is 18.2 Å². The smallest absolute Gasteiger partial charge is 0.328 e. The fourth-order valence-electron chi connectivity index (χ4n) is 1.69. The fourth-order valence-corrected chi connectivity index (χ4v) is 1.69. The predicted molar refractivity (Wildman–Crippen MR) is 69.1 cm³/mol. The van der Waals surface area contributed by atoms with E-state index in [0.717, 1.165) is 12.1 Å². The molecule has 110 valence electrons. The van der Waals surface area contributed by atoms with Gasteiger partial charge in [-0.3, -0.25) is 4.79 Å². The van der Waals surface area contributed by atoms with Crippen molar-refractivity contribution < 1.29 is 23.1 Å². The lowest BCUT2D eigenvalue weighted by atomic mass is 9.98. The van der Waals surface area contributed by atoms with Crippen molar-refractivity contribution in [3.8, 4) is 0 Å². The highest BCUT2D eigenvalue weighted by Gasteiger charge is 2.28. The topological polar surface area (TPSA) is 55.4 Å². The second-order valence-corrected chi connectivity index (χ2v) is 4.46. The van der Waals surface area contributed by atoms with Crippen molar-refractivity contribution in [2.75, 3.05) is 7.11 Å². The van der Waals surface area contributed by atoms with Crippen molar-refractivity contribution in [3.05, 3.63) is 35.4 Å². The van der Waals surface area contributed by atoms with Crippen LogP contribution in [0.2, 0.25) is 0 Å². The first-order valence-electron chi connectivity index (χ1n) is 6.25. The van der Waals surface area contributed by atoms with Gasteiger partial charge in [0.25, 0.3) is 5.91 Å². The van der Waals surface area contributed by atoms with Gasteiger partial charge in [-0.05, 0) is 18.1 Å². The van der Waals surface area contributed by atoms with Gasteiger partial charge in [0.1, 0.15) is 6.04 Å². The van der Waals surface area contributed by atoms with Crippen molar-refractivity contribution in [2.45, 2.75) is 26.3 Å². The summed E-state index contributed by atoms with van der Waals surface area (Å²) in [5, 5.41) is 2.38. The Morgan fingerprint density at radius 3 is 2.55 bits per heavy atom. The summed E-state index contributed by atoms with van der Waals surface area (Å²) in [6, 6.07) is 2.39. The molecule has 1 N–H and O–H groups in total. The Bertz CT molecular complexity index is 505. The second-order valence-electron chi connectivity index (χ2n) is 4.46. The number of esters is 1. The first-order chi connectivity index (χ1) is 9.42. The molecule has 0 bridgehead atoms. The molecule has 1 rings (SSSR count). The molecule has 20 heavy (non-hydrogen) atoms. The van der Waals surface area contributed by atoms with Crippen LogP contribution in [-0.2, 0) is 9.53 Å². The molecule has 0 aliphatic carbocycles. The predicted octanol–water partition coefficient (Wildman–Crippen LogP) is 2.28. The molecule has 0 heterocycles. The van der Waals surface area contributed by atoms with Gasteiger partial charge in [-0.25, -0.2) is 13.6 Å². The molecule has 4 nitrogen and oxygen atoms in total. The van der Waals surface area contributed by atoms with Gasteiger partial charge in [0.2, 0.25) is 0 Å². The number of ether oxygens (including phenoxy) is 1. The van der Waals surface area contributed by atoms with Crippen molar-refractivity contribution in [3.63, 3.8) is 0 Å². The average molecular weight is 285 g/mol. The number of hydrogen-bond donors (Lipinski definition) is 1. The maximum Gasteiger partial charge on any atom is 0.328 e. The number of rotatable bonds is 5. The summed E-state index contributed by atoms with van der Waals surface area (Å²) in [4.78, 5) is 23.6. The Morgan fingerprint density at radius 2 is 2.00 bits per heavy atom. The van der Waals surface area contributed by atoms with Gasteiger partial charge >= 0.3 is 5.97 Å². The first-order valence-corrected chi connectivity index (χ1v) is 6.25. The minimum Gasteiger partial charge on any atom is -0.467 e. The zero-order valence-corrected chi connectivity index (χ0v) is 11.6. The van der Waals surface area contributed by atoms with Crippen LogP contribution in [0, 0.1) is 17.6 Å². The third kappa shape index (κ3) is 3.53. The summed E-state index contributed by atoms with van der Waals surface area (Å²) < 4.78 is 31.2. The number of nitrogens with one attached hydrogen (secondary N) is 1. The van der Waals surface area contributed by atoms with Gasteiger partial charge in [-0.2, -0.15) is 0 Å². The van der Waals surface area contributed by atoms with Crippen molar-refractivity contribution in [1.29, 1.82) is 0 Å². The zero-order valence-electron chi connectivity index (χ0n) is 11.6. The van der Waals surface area contributed by atoms with Gasteiger partial charge in [0.15, 0.2) is 11.6 Å². The highest BCUT2D eigenvalue weighted by molar-refractivity contribution is 5.97. The Kier molecular flexibility index (Phi) is 5.61. The summed E-state index contributed by atoms with van der Waals surface area (Å²) in [5.74, 6) is -4.01. The maximum absolute atomic E-state index is 13.5. The molecule has 6 heteroatoms. The normalized spacial score (nSPS) is 13.4. The van der Waals surface area contributed by atoms with E-state index in [2.05, 4.69) is 10.1 Å². The second kappa shape index (κ2) is 6.98. The van der Waals surface area contributed by atoms with Gasteiger partial charge in [0.05, 0.1) is 12.7 Å². The number of benzene rings is 1. The molecule has 2 atom stereocenters. The molecule has 0 unspecified atom stereocenters. The monoisotopic (exact) mass is 285 g/mol. The number of methoxy groups -OCH3 is 1. The average Bonchev–Trinajstić information content (AvgIpc) is 2.45. The van der Waals surface area contributed by atoms with E-state index in [1.165, 1.54) is 13.2 Å². The quantitative estimate of drug-likeness (QED) is 0.844. The summed E-state index contributed by atoms with van der Waals surface area (Å²) in [6.45, 7) is 3.60. The highest BCUT2D eigenvalue weighted by Crippen LogP contribution is 2.14. The zero-order chi connectivity index (χ0) is 15.3. The van der Waals surface area contributed by atoms with Crippen molar-refractivity contribution >= 4 is 11.9 Å². The molecule has 1 aromatic rings. The minimum atomic E-state index is -1.24. The molecule has 0 aromatic heterocycles. The highest BCUT2D eigenvalue weighted by atomic mass is 19.2. The van der Waals surface area contributed by atoms with Crippen LogP contribution >= 0.6 is 0 Å². The molecule has 1 amide bonds. The van der Waals surface area contributed by atoms with E-state index in [4.69, 9.17) is 0 Å². The van der Waals surface area contributed by atoms with Crippen LogP contribution in [0.5, 0.6) is 0 Å². The van der Waals surface area contributed by atoms with E-state index in [1.807, 2.05) is 6.92 Å². The fraction of sp³-hybridized carbons (Fsp3) is 0.429. The van der Waals surface area contributed by atoms with Crippen LogP contribution in [0.25, 0.3) is 0 Å². The molecular formula is C14H17F2NO3. The lowest BCUT2D eigenvalue weighted by Gasteiger charge is -2.21. The molecule has 0 fully saturated rings. The minimum absolute atomic E-state index is 0.192. The van der Waals surface area contributed by atoms with E-state index in [1.54, 1.807) is 6.92 Å². The summed E-state index contributed by atoms with van der Waals surface area (Å²) in [5.41, 5.74) is -0.442. The van der Waals surface area contributed by atoms with Crippen LogP contribution in [0.4, 0.5) is 8.78 Å². The number of carbonyl (C=O) groups excluding carboxylic acids is 2. The summed E-state index contributed by atoms with van der Waals surface area (Å²) >= 11 is 0. The molecule has 1 aromatic carbocycles. The third-order valence-electron chi connectivity index (χ3n) is 3.15. The molecule has 0 spiro atoms. The SMILES string of the molecule is CC[C@@H](C)[C@H](NC(=O)c1cccc(F)c1F)C(=O)OC. The first kappa shape index (κ1) is 16.1. The standard InChI is InChI=1S/C14H17F2NO3/c1-4-8(2)12(14(19)20-3)17-13(18)9-6-5-7-10(15)11(9)16/h5-8,12H,4H2,1-3H3,(H,17,18)/t8-,12+/m1/s1. The summed E-state index contributed by atoms with van der Waals surface area (Å²) in [6.07, 6.45) is 0.617. The van der Waals surface area contributed by atoms with E-state index < -0.39 is 35.1 Å². The van der Waals surface area contributed by atoms with Crippen LogP contribution in [0.1, 0.15) is 30.6 Å². The molecule has 0 radical (unpaired) electrons. The van der Waals surface area contributed by atoms with Gasteiger partial charge in [-0.15, -0.1) is 0 Å². The van der Waals surface area contributed by atoms with E-state index in [0.29, 0.717) is 6.42 Å². The molecule has 0 saturated heterocycles. The number of hydrogen-bond acceptors (Lipinski definition) is 3. The van der Waals surface area contributed by atoms with Crippen molar-refractivity contribution in [1.82, 2.24) is 5.32 Å². The Labute approximate surface area is 116 Å².